The van der Waals surface area contributed by atoms with E-state index < -0.39 is 0 Å². The van der Waals surface area contributed by atoms with Gasteiger partial charge in [0.05, 0.1) is 0 Å². The molecule has 0 saturated carbocycles. The Bertz CT molecular complexity index is 134. The predicted molar refractivity (Wildman–Crippen MR) is 36.4 cm³/mol. The fourth-order valence-electron chi connectivity index (χ4n) is 0.204. The van der Waals surface area contributed by atoms with Crippen LogP contribution in [0.2, 0.25) is 0 Å². The third-order valence-electron chi connectivity index (χ3n) is 0.534. The molecule has 0 bridgehead atoms. The molecule has 0 saturated heterocycles. The Morgan fingerprint density at radius 1 is 2.00 bits per heavy atom. The van der Waals surface area contributed by atoms with Crippen molar-refractivity contribution < 1.29 is 0 Å². The van der Waals surface area contributed by atoms with Gasteiger partial charge in [0.2, 0.25) is 0 Å². The van der Waals surface area contributed by atoms with Crippen LogP contribution < -0.4 is 5.32 Å². The zero-order chi connectivity index (χ0) is 6.41. The van der Waals surface area contributed by atoms with Gasteiger partial charge in [0, 0.05) is 6.54 Å². The minimum absolute atomic E-state index is 0.353. The summed E-state index contributed by atoms with van der Waals surface area (Å²) in [5.74, 6) is 0. The molecule has 0 aromatic heterocycles. The molecule has 0 aliphatic carbocycles. The minimum Gasteiger partial charge on any atom is -0.373 e. The summed E-state index contributed by atoms with van der Waals surface area (Å²) in [4.78, 5) is 0. The number of nitrogens with zero attached hydrogens (tertiary/aromatic N) is 1. The fourth-order valence-corrected chi connectivity index (χ4v) is 0.288. The second-order valence-corrected chi connectivity index (χ2v) is 1.47. The second kappa shape index (κ2) is 4.28. The molecule has 1 N–H and O–H groups in total. The predicted octanol–water partition coefficient (Wildman–Crippen LogP) is 0.613. The van der Waals surface area contributed by atoms with Crippen molar-refractivity contribution in [3.63, 3.8) is 0 Å². The van der Waals surface area contributed by atoms with E-state index in [1.165, 1.54) is 5.37 Å². The number of hydrogen-bond acceptors (Lipinski definition) is 3. The average molecular weight is 126 g/mol. The standard InChI is InChI=1S/C5H6N2S/c1-5(4-6)7-2-3-8/h3,7H,1-2H2. The van der Waals surface area contributed by atoms with E-state index in [4.69, 9.17) is 5.26 Å². The smallest absolute Gasteiger partial charge is 0.116 e. The van der Waals surface area contributed by atoms with Crippen LogP contribution in [0.4, 0.5) is 0 Å². The highest BCUT2D eigenvalue weighted by atomic mass is 32.1. The lowest BCUT2D eigenvalue weighted by Crippen LogP contribution is -2.12. The molecule has 0 aromatic rings. The Balaban J connectivity index is 3.29. The Labute approximate surface area is 53.8 Å². The van der Waals surface area contributed by atoms with E-state index in [0.717, 1.165) is 0 Å². The first-order chi connectivity index (χ1) is 3.81. The molecule has 0 radical (unpaired) electrons. The van der Waals surface area contributed by atoms with Crippen molar-refractivity contribution in [1.82, 2.24) is 5.32 Å². The molecule has 0 atom stereocenters. The fraction of sp³-hybridized carbons (Fsp3) is 0.200. The summed E-state index contributed by atoms with van der Waals surface area (Å²) in [6.45, 7) is 3.90. The summed E-state index contributed by atoms with van der Waals surface area (Å²) in [7, 11) is 0. The maximum atomic E-state index is 8.10. The van der Waals surface area contributed by atoms with Crippen molar-refractivity contribution in [1.29, 1.82) is 5.26 Å². The molecule has 2 nitrogen and oxygen atoms in total. The zero-order valence-corrected chi connectivity index (χ0v) is 5.16. The van der Waals surface area contributed by atoms with Gasteiger partial charge in [0.1, 0.15) is 11.8 Å². The van der Waals surface area contributed by atoms with Gasteiger partial charge in [-0.25, -0.2) is 0 Å². The lowest BCUT2D eigenvalue weighted by molar-refractivity contribution is 0.990. The van der Waals surface area contributed by atoms with Crippen LogP contribution in [0, 0.1) is 11.3 Å². The molecule has 0 aliphatic rings. The molecular formula is C5H6N2S. The van der Waals surface area contributed by atoms with Gasteiger partial charge in [-0.2, -0.15) is 5.26 Å². The Morgan fingerprint density at radius 2 is 2.62 bits per heavy atom. The first kappa shape index (κ1) is 7.12. The van der Waals surface area contributed by atoms with Crippen LogP contribution in [0.1, 0.15) is 0 Å². The first-order valence-corrected chi connectivity index (χ1v) is 2.55. The van der Waals surface area contributed by atoms with Gasteiger partial charge < -0.3 is 5.32 Å². The molecule has 0 aliphatic heterocycles. The molecule has 0 rings (SSSR count). The lowest BCUT2D eigenvalue weighted by atomic mass is 10.5. The van der Waals surface area contributed by atoms with E-state index in [2.05, 4.69) is 24.1 Å². The lowest BCUT2D eigenvalue weighted by Gasteiger charge is -1.92. The number of rotatable bonds is 3. The minimum atomic E-state index is 0.353. The second-order valence-electron chi connectivity index (χ2n) is 1.14. The molecule has 0 spiro atoms. The number of nitrogens with one attached hydrogen (secondary N) is 1. The van der Waals surface area contributed by atoms with Crippen molar-refractivity contribution in [2.75, 3.05) is 6.54 Å². The third kappa shape index (κ3) is 3.32. The molecule has 0 heterocycles. The van der Waals surface area contributed by atoms with Crippen molar-refractivity contribution in [2.24, 2.45) is 0 Å². The third-order valence-corrected chi connectivity index (χ3v) is 0.700. The van der Waals surface area contributed by atoms with E-state index in [9.17, 15) is 0 Å². The molecule has 0 unspecified atom stereocenters. The number of allylic oxidation sites excluding steroid dienone is 1. The normalized spacial score (nSPS) is 6.88. The summed E-state index contributed by atoms with van der Waals surface area (Å²) in [5.41, 5.74) is 0.353. The van der Waals surface area contributed by atoms with Crippen LogP contribution in [0.3, 0.4) is 0 Å². The number of hydrogen-bond donors (Lipinski definition) is 1. The highest BCUT2D eigenvalue weighted by Gasteiger charge is 1.81. The van der Waals surface area contributed by atoms with Gasteiger partial charge in [-0.05, 0) is 5.37 Å². The maximum absolute atomic E-state index is 8.10. The van der Waals surface area contributed by atoms with Crippen LogP contribution in [-0.4, -0.2) is 11.9 Å². The Morgan fingerprint density at radius 3 is 3.00 bits per heavy atom. The van der Waals surface area contributed by atoms with Gasteiger partial charge in [0.15, 0.2) is 0 Å². The van der Waals surface area contributed by atoms with E-state index in [1.807, 2.05) is 6.07 Å². The summed E-state index contributed by atoms with van der Waals surface area (Å²) in [6, 6.07) is 1.83. The largest absolute Gasteiger partial charge is 0.373 e. The molecule has 0 aromatic carbocycles. The Hall–Kier alpha value is -0.880. The summed E-state index contributed by atoms with van der Waals surface area (Å²) in [6.07, 6.45) is 0. The highest BCUT2D eigenvalue weighted by molar-refractivity contribution is 7.79. The van der Waals surface area contributed by atoms with Crippen molar-refractivity contribution in [3.8, 4) is 6.07 Å². The van der Waals surface area contributed by atoms with E-state index >= 15 is 0 Å². The SMILES string of the molecule is C=C(C#N)NCC=S. The average Bonchev–Trinajstić information content (AvgIpc) is 1.83. The van der Waals surface area contributed by atoms with Crippen LogP contribution in [-0.2, 0) is 0 Å². The van der Waals surface area contributed by atoms with Crippen molar-refractivity contribution >= 4 is 17.6 Å². The summed E-state index contributed by atoms with van der Waals surface area (Å²) in [5, 5.41) is 12.3. The van der Waals surface area contributed by atoms with Crippen LogP contribution in [0.25, 0.3) is 0 Å². The molecule has 8 heavy (non-hydrogen) atoms. The van der Waals surface area contributed by atoms with E-state index in [0.29, 0.717) is 12.2 Å². The Kier molecular flexibility index (Phi) is 3.81. The van der Waals surface area contributed by atoms with E-state index in [1.54, 1.807) is 0 Å². The number of thiocarbonyl (C=S) groups is 1. The van der Waals surface area contributed by atoms with Gasteiger partial charge in [-0.1, -0.05) is 18.8 Å². The van der Waals surface area contributed by atoms with Crippen LogP contribution in [0.15, 0.2) is 12.3 Å². The van der Waals surface area contributed by atoms with Crippen molar-refractivity contribution in [2.45, 2.75) is 0 Å². The highest BCUT2D eigenvalue weighted by Crippen LogP contribution is 1.73. The first-order valence-electron chi connectivity index (χ1n) is 2.07. The zero-order valence-electron chi connectivity index (χ0n) is 4.35. The van der Waals surface area contributed by atoms with Gasteiger partial charge in [-0.3, -0.25) is 0 Å². The molecular weight excluding hydrogens is 120 g/mol. The topological polar surface area (TPSA) is 35.8 Å². The van der Waals surface area contributed by atoms with Crippen LogP contribution in [0.5, 0.6) is 0 Å². The van der Waals surface area contributed by atoms with Crippen molar-refractivity contribution in [3.05, 3.63) is 12.3 Å². The van der Waals surface area contributed by atoms with Gasteiger partial charge >= 0.3 is 0 Å². The maximum Gasteiger partial charge on any atom is 0.116 e. The summed E-state index contributed by atoms with van der Waals surface area (Å²) >= 11 is 4.48. The summed E-state index contributed by atoms with van der Waals surface area (Å²) < 4.78 is 0. The molecule has 0 fully saturated rings. The van der Waals surface area contributed by atoms with Gasteiger partial charge in [-0.15, -0.1) is 0 Å². The number of nitriles is 1. The van der Waals surface area contributed by atoms with E-state index in [-0.39, 0.29) is 0 Å². The van der Waals surface area contributed by atoms with Gasteiger partial charge in [0.25, 0.3) is 0 Å². The molecule has 3 heteroatoms. The molecule has 0 amide bonds. The van der Waals surface area contributed by atoms with Crippen LogP contribution >= 0.6 is 12.2 Å². The monoisotopic (exact) mass is 126 g/mol. The quantitative estimate of drug-likeness (QED) is 0.444. The molecule has 42 valence electrons.